The van der Waals surface area contributed by atoms with Crippen molar-refractivity contribution in [2.75, 3.05) is 32.8 Å². The maximum atomic E-state index is 12.0. The lowest BCUT2D eigenvalue weighted by atomic mass is 10.0. The predicted octanol–water partition coefficient (Wildman–Crippen LogP) is 0.270. The van der Waals surface area contributed by atoms with E-state index in [2.05, 4.69) is 0 Å². The van der Waals surface area contributed by atoms with Crippen molar-refractivity contribution >= 4 is 12.0 Å². The summed E-state index contributed by atoms with van der Waals surface area (Å²) in [5.74, 6) is 0.0918. The van der Waals surface area contributed by atoms with Crippen LogP contribution in [0.3, 0.4) is 0 Å². The summed E-state index contributed by atoms with van der Waals surface area (Å²) in [4.78, 5) is 26.8. The third kappa shape index (κ3) is 3.60. The molecule has 1 fully saturated rings. The van der Waals surface area contributed by atoms with Gasteiger partial charge in [-0.1, -0.05) is 13.8 Å². The SMILES string of the molecule is CCOC(=O)N1CCN(C(=O)C(N)C(C)C)CC1. The van der Waals surface area contributed by atoms with Gasteiger partial charge in [-0.05, 0) is 12.8 Å². The summed E-state index contributed by atoms with van der Waals surface area (Å²) in [7, 11) is 0. The zero-order valence-electron chi connectivity index (χ0n) is 11.4. The molecule has 0 saturated carbocycles. The number of piperazine rings is 1. The van der Waals surface area contributed by atoms with Crippen molar-refractivity contribution < 1.29 is 14.3 Å². The molecule has 2 amide bonds. The van der Waals surface area contributed by atoms with Crippen LogP contribution >= 0.6 is 0 Å². The molecule has 1 aliphatic rings. The van der Waals surface area contributed by atoms with Gasteiger partial charge >= 0.3 is 6.09 Å². The largest absolute Gasteiger partial charge is 0.450 e. The van der Waals surface area contributed by atoms with Crippen LogP contribution in [0.25, 0.3) is 0 Å². The minimum atomic E-state index is -0.459. The summed E-state index contributed by atoms with van der Waals surface area (Å²) in [6, 6.07) is -0.459. The second kappa shape index (κ2) is 6.58. The molecule has 0 aromatic carbocycles. The van der Waals surface area contributed by atoms with Crippen LogP contribution in [0.5, 0.6) is 0 Å². The number of ether oxygens (including phenoxy) is 1. The second-order valence-electron chi connectivity index (χ2n) is 4.78. The molecule has 0 radical (unpaired) electrons. The number of nitrogens with two attached hydrogens (primary N) is 1. The van der Waals surface area contributed by atoms with Crippen LogP contribution in [0.1, 0.15) is 20.8 Å². The quantitative estimate of drug-likeness (QED) is 0.787. The highest BCUT2D eigenvalue weighted by atomic mass is 16.6. The van der Waals surface area contributed by atoms with Gasteiger partial charge in [0.1, 0.15) is 0 Å². The molecule has 1 unspecified atom stereocenters. The Morgan fingerprint density at radius 2 is 1.67 bits per heavy atom. The molecular formula is C12H23N3O3. The van der Waals surface area contributed by atoms with Gasteiger partial charge in [0.25, 0.3) is 0 Å². The summed E-state index contributed by atoms with van der Waals surface area (Å²) >= 11 is 0. The molecule has 2 N–H and O–H groups in total. The van der Waals surface area contributed by atoms with Crippen molar-refractivity contribution in [3.63, 3.8) is 0 Å². The lowest BCUT2D eigenvalue weighted by molar-refractivity contribution is -0.135. The Balaban J connectivity index is 2.44. The average molecular weight is 257 g/mol. The van der Waals surface area contributed by atoms with E-state index in [0.29, 0.717) is 32.8 Å². The number of amides is 2. The topological polar surface area (TPSA) is 75.9 Å². The number of carbonyl (C=O) groups is 2. The van der Waals surface area contributed by atoms with Crippen LogP contribution in [-0.2, 0) is 9.53 Å². The fourth-order valence-electron chi connectivity index (χ4n) is 1.82. The van der Waals surface area contributed by atoms with Gasteiger partial charge in [0.05, 0.1) is 12.6 Å². The highest BCUT2D eigenvalue weighted by Crippen LogP contribution is 2.08. The normalized spacial score (nSPS) is 17.8. The molecule has 0 aromatic rings. The van der Waals surface area contributed by atoms with Gasteiger partial charge in [-0.2, -0.15) is 0 Å². The first-order valence-electron chi connectivity index (χ1n) is 6.43. The molecule has 1 saturated heterocycles. The van der Waals surface area contributed by atoms with E-state index in [4.69, 9.17) is 10.5 Å². The van der Waals surface area contributed by atoms with Crippen molar-refractivity contribution in [1.29, 1.82) is 0 Å². The smallest absolute Gasteiger partial charge is 0.409 e. The van der Waals surface area contributed by atoms with Gasteiger partial charge in [0.2, 0.25) is 5.91 Å². The van der Waals surface area contributed by atoms with E-state index in [0.717, 1.165) is 0 Å². The molecule has 18 heavy (non-hydrogen) atoms. The molecular weight excluding hydrogens is 234 g/mol. The summed E-state index contributed by atoms with van der Waals surface area (Å²) in [5.41, 5.74) is 5.84. The third-order valence-electron chi connectivity index (χ3n) is 3.12. The maximum Gasteiger partial charge on any atom is 0.409 e. The maximum absolute atomic E-state index is 12.0. The first-order valence-corrected chi connectivity index (χ1v) is 6.43. The molecule has 6 heteroatoms. The van der Waals surface area contributed by atoms with Crippen molar-refractivity contribution in [2.24, 2.45) is 11.7 Å². The van der Waals surface area contributed by atoms with Gasteiger partial charge in [-0.15, -0.1) is 0 Å². The van der Waals surface area contributed by atoms with E-state index in [1.165, 1.54) is 0 Å². The van der Waals surface area contributed by atoms with Crippen LogP contribution in [0.4, 0.5) is 4.79 Å². The Labute approximate surface area is 108 Å². The molecule has 1 heterocycles. The third-order valence-corrected chi connectivity index (χ3v) is 3.12. The number of rotatable bonds is 3. The van der Waals surface area contributed by atoms with E-state index in [9.17, 15) is 9.59 Å². The summed E-state index contributed by atoms with van der Waals surface area (Å²) in [6.07, 6.45) is -0.308. The summed E-state index contributed by atoms with van der Waals surface area (Å²) < 4.78 is 4.92. The van der Waals surface area contributed by atoms with Crippen LogP contribution < -0.4 is 5.73 Å². The van der Waals surface area contributed by atoms with E-state index >= 15 is 0 Å². The molecule has 1 aliphatic heterocycles. The van der Waals surface area contributed by atoms with Crippen molar-refractivity contribution in [3.05, 3.63) is 0 Å². The second-order valence-corrected chi connectivity index (χ2v) is 4.78. The van der Waals surface area contributed by atoms with E-state index < -0.39 is 6.04 Å². The van der Waals surface area contributed by atoms with Gasteiger partial charge in [-0.3, -0.25) is 4.79 Å². The predicted molar refractivity (Wildman–Crippen MR) is 68.0 cm³/mol. The molecule has 0 spiro atoms. The first-order chi connectivity index (χ1) is 8.47. The van der Waals surface area contributed by atoms with Crippen LogP contribution in [-0.4, -0.2) is 60.6 Å². The average Bonchev–Trinajstić information content (AvgIpc) is 2.37. The fourth-order valence-corrected chi connectivity index (χ4v) is 1.82. The standard InChI is InChI=1S/C12H23N3O3/c1-4-18-12(17)15-7-5-14(6-8-15)11(16)10(13)9(2)3/h9-10H,4-8,13H2,1-3H3. The number of hydrogen-bond acceptors (Lipinski definition) is 4. The lowest BCUT2D eigenvalue weighted by Gasteiger charge is -2.35. The number of nitrogens with zero attached hydrogens (tertiary/aromatic N) is 2. The number of carbonyl (C=O) groups excluding carboxylic acids is 2. The first kappa shape index (κ1) is 14.8. The summed E-state index contributed by atoms with van der Waals surface area (Å²) in [5, 5.41) is 0. The lowest BCUT2D eigenvalue weighted by Crippen LogP contribution is -2.55. The Morgan fingerprint density at radius 3 is 2.11 bits per heavy atom. The van der Waals surface area contributed by atoms with Gasteiger partial charge in [-0.25, -0.2) is 4.79 Å². The molecule has 104 valence electrons. The molecule has 6 nitrogen and oxygen atoms in total. The van der Waals surface area contributed by atoms with E-state index in [-0.39, 0.29) is 17.9 Å². The van der Waals surface area contributed by atoms with Crippen LogP contribution in [0.2, 0.25) is 0 Å². The minimum Gasteiger partial charge on any atom is -0.450 e. The van der Waals surface area contributed by atoms with Crippen LogP contribution in [0, 0.1) is 5.92 Å². The molecule has 0 aliphatic carbocycles. The minimum absolute atomic E-state index is 0.0338. The van der Waals surface area contributed by atoms with Gasteiger partial charge < -0.3 is 20.3 Å². The fraction of sp³-hybridized carbons (Fsp3) is 0.833. The zero-order chi connectivity index (χ0) is 13.7. The van der Waals surface area contributed by atoms with Crippen molar-refractivity contribution in [2.45, 2.75) is 26.8 Å². The van der Waals surface area contributed by atoms with E-state index in [1.807, 2.05) is 13.8 Å². The molecule has 1 rings (SSSR count). The Kier molecular flexibility index (Phi) is 5.40. The van der Waals surface area contributed by atoms with Crippen LogP contribution in [0.15, 0.2) is 0 Å². The molecule has 1 atom stereocenters. The van der Waals surface area contributed by atoms with E-state index in [1.54, 1.807) is 16.7 Å². The molecule has 0 bridgehead atoms. The highest BCUT2D eigenvalue weighted by Gasteiger charge is 2.28. The highest BCUT2D eigenvalue weighted by molar-refractivity contribution is 5.82. The zero-order valence-corrected chi connectivity index (χ0v) is 11.4. The summed E-state index contributed by atoms with van der Waals surface area (Å²) in [6.45, 7) is 8.07. The van der Waals surface area contributed by atoms with Crippen molar-refractivity contribution in [3.8, 4) is 0 Å². The van der Waals surface area contributed by atoms with Gasteiger partial charge in [0.15, 0.2) is 0 Å². The molecule has 0 aromatic heterocycles. The number of hydrogen-bond donors (Lipinski definition) is 1. The Bertz CT molecular complexity index is 299. The Morgan fingerprint density at radius 1 is 1.17 bits per heavy atom. The Hall–Kier alpha value is -1.30. The van der Waals surface area contributed by atoms with Gasteiger partial charge in [0, 0.05) is 26.2 Å². The monoisotopic (exact) mass is 257 g/mol. The van der Waals surface area contributed by atoms with Crippen molar-refractivity contribution in [1.82, 2.24) is 9.80 Å².